The molecule has 0 aromatic heterocycles. The van der Waals surface area contributed by atoms with Gasteiger partial charge in [0.25, 0.3) is 0 Å². The van der Waals surface area contributed by atoms with Crippen LogP contribution in [0.3, 0.4) is 0 Å². The van der Waals surface area contributed by atoms with Crippen LogP contribution in [0, 0.1) is 5.82 Å². The summed E-state index contributed by atoms with van der Waals surface area (Å²) >= 11 is 5.65. The summed E-state index contributed by atoms with van der Waals surface area (Å²) < 4.78 is 19.0. The van der Waals surface area contributed by atoms with E-state index in [2.05, 4.69) is 20.8 Å². The summed E-state index contributed by atoms with van der Waals surface area (Å²) in [5.41, 5.74) is 7.33. The Morgan fingerprint density at radius 1 is 1.10 bits per heavy atom. The number of anilines is 1. The smallest absolute Gasteiger partial charge is 0.153 e. The second-order valence-electron chi connectivity index (χ2n) is 5.68. The Morgan fingerprint density at radius 3 is 2.25 bits per heavy atom. The molecule has 0 spiro atoms. The highest BCUT2D eigenvalue weighted by Crippen LogP contribution is 2.32. The van der Waals surface area contributed by atoms with Crippen LogP contribution in [-0.2, 0) is 5.41 Å². The summed E-state index contributed by atoms with van der Waals surface area (Å²) in [7, 11) is 0. The van der Waals surface area contributed by atoms with Crippen molar-refractivity contribution in [3.8, 4) is 11.5 Å². The quantitative estimate of drug-likeness (QED) is 0.777. The molecule has 0 saturated heterocycles. The average molecular weight is 294 g/mol. The second kappa shape index (κ2) is 5.33. The number of hydrogen-bond acceptors (Lipinski definition) is 2. The van der Waals surface area contributed by atoms with Crippen molar-refractivity contribution in [1.29, 1.82) is 0 Å². The summed E-state index contributed by atoms with van der Waals surface area (Å²) in [5, 5.41) is -0.0158. The number of hydrogen-bond donors (Lipinski definition) is 1. The van der Waals surface area contributed by atoms with Crippen LogP contribution in [0.25, 0.3) is 0 Å². The first kappa shape index (κ1) is 14.7. The maximum atomic E-state index is 13.4. The van der Waals surface area contributed by atoms with Crippen LogP contribution >= 0.6 is 11.6 Å². The Kier molecular flexibility index (Phi) is 3.91. The normalized spacial score (nSPS) is 11.4. The minimum atomic E-state index is -0.554. The summed E-state index contributed by atoms with van der Waals surface area (Å²) in [5.74, 6) is 0.309. The van der Waals surface area contributed by atoms with Gasteiger partial charge in [0.2, 0.25) is 0 Å². The second-order valence-corrected chi connectivity index (χ2v) is 6.09. The molecule has 20 heavy (non-hydrogen) atoms. The van der Waals surface area contributed by atoms with Gasteiger partial charge in [-0.15, -0.1) is 0 Å². The molecular weight excluding hydrogens is 277 g/mol. The van der Waals surface area contributed by atoms with E-state index in [0.29, 0.717) is 11.4 Å². The maximum absolute atomic E-state index is 13.4. The zero-order valence-electron chi connectivity index (χ0n) is 11.7. The van der Waals surface area contributed by atoms with Crippen molar-refractivity contribution < 1.29 is 9.13 Å². The molecule has 2 nitrogen and oxygen atoms in total. The number of benzene rings is 2. The largest absolute Gasteiger partial charge is 0.455 e. The first-order valence-corrected chi connectivity index (χ1v) is 6.68. The van der Waals surface area contributed by atoms with E-state index in [1.807, 2.05) is 24.3 Å². The van der Waals surface area contributed by atoms with Gasteiger partial charge < -0.3 is 10.5 Å². The molecule has 0 bridgehead atoms. The molecule has 0 aliphatic heterocycles. The van der Waals surface area contributed by atoms with Gasteiger partial charge in [0.05, 0.1) is 10.7 Å². The van der Waals surface area contributed by atoms with Crippen LogP contribution in [0.2, 0.25) is 5.02 Å². The van der Waals surface area contributed by atoms with Crippen molar-refractivity contribution in [2.75, 3.05) is 5.73 Å². The number of rotatable bonds is 2. The molecule has 0 unspecified atom stereocenters. The van der Waals surface area contributed by atoms with E-state index in [1.54, 1.807) is 0 Å². The Balaban J connectivity index is 2.25. The first-order valence-electron chi connectivity index (χ1n) is 6.30. The summed E-state index contributed by atoms with van der Waals surface area (Å²) in [4.78, 5) is 0. The number of ether oxygens (including phenoxy) is 1. The highest BCUT2D eigenvalue weighted by Gasteiger charge is 2.14. The van der Waals surface area contributed by atoms with Gasteiger partial charge >= 0.3 is 0 Å². The van der Waals surface area contributed by atoms with Crippen LogP contribution in [-0.4, -0.2) is 0 Å². The molecule has 4 heteroatoms. The molecular formula is C16H17ClFNO. The van der Waals surface area contributed by atoms with Crippen molar-refractivity contribution >= 4 is 17.3 Å². The Hall–Kier alpha value is -1.74. The zero-order valence-corrected chi connectivity index (χ0v) is 12.5. The molecule has 2 aromatic carbocycles. The van der Waals surface area contributed by atoms with Gasteiger partial charge in [-0.3, -0.25) is 0 Å². The maximum Gasteiger partial charge on any atom is 0.153 e. The molecule has 0 fully saturated rings. The highest BCUT2D eigenvalue weighted by atomic mass is 35.5. The van der Waals surface area contributed by atoms with Gasteiger partial charge in [-0.25, -0.2) is 4.39 Å². The van der Waals surface area contributed by atoms with E-state index in [-0.39, 0.29) is 16.2 Å². The average Bonchev–Trinajstić information content (AvgIpc) is 2.35. The van der Waals surface area contributed by atoms with Crippen molar-refractivity contribution in [3.05, 3.63) is 52.8 Å². The van der Waals surface area contributed by atoms with Crippen molar-refractivity contribution in [3.63, 3.8) is 0 Å². The molecule has 0 saturated carbocycles. The van der Waals surface area contributed by atoms with E-state index < -0.39 is 5.82 Å². The summed E-state index contributed by atoms with van der Waals surface area (Å²) in [6, 6.07) is 10.2. The predicted molar refractivity (Wildman–Crippen MR) is 81.0 cm³/mol. The molecule has 0 aliphatic carbocycles. The van der Waals surface area contributed by atoms with E-state index >= 15 is 0 Å². The lowest BCUT2D eigenvalue weighted by Crippen LogP contribution is -2.10. The lowest BCUT2D eigenvalue weighted by molar-refractivity contribution is 0.478. The number of halogens is 2. The van der Waals surface area contributed by atoms with Crippen molar-refractivity contribution in [2.45, 2.75) is 26.2 Å². The zero-order chi connectivity index (χ0) is 14.9. The monoisotopic (exact) mass is 293 g/mol. The third kappa shape index (κ3) is 3.23. The van der Waals surface area contributed by atoms with Crippen LogP contribution in [0.15, 0.2) is 36.4 Å². The van der Waals surface area contributed by atoms with Gasteiger partial charge in [-0.1, -0.05) is 44.5 Å². The van der Waals surface area contributed by atoms with Crippen LogP contribution in [0.1, 0.15) is 26.3 Å². The van der Waals surface area contributed by atoms with Crippen molar-refractivity contribution in [2.24, 2.45) is 0 Å². The predicted octanol–water partition coefficient (Wildman–Crippen LogP) is 5.15. The SMILES string of the molecule is CC(C)(C)c1ccc(Oc2cc(F)c(Cl)cc2N)cc1. The molecule has 0 radical (unpaired) electrons. The highest BCUT2D eigenvalue weighted by molar-refractivity contribution is 6.31. The lowest BCUT2D eigenvalue weighted by Gasteiger charge is -2.19. The van der Waals surface area contributed by atoms with E-state index in [4.69, 9.17) is 22.1 Å². The third-order valence-electron chi connectivity index (χ3n) is 3.00. The molecule has 0 atom stereocenters. The number of nitrogens with two attached hydrogens (primary N) is 1. The van der Waals surface area contributed by atoms with Gasteiger partial charge in [-0.05, 0) is 29.2 Å². The van der Waals surface area contributed by atoms with Gasteiger partial charge in [0.15, 0.2) is 5.75 Å². The molecule has 2 rings (SSSR count). The van der Waals surface area contributed by atoms with Crippen LogP contribution in [0.4, 0.5) is 10.1 Å². The topological polar surface area (TPSA) is 35.2 Å². The van der Waals surface area contributed by atoms with Crippen LogP contribution in [0.5, 0.6) is 11.5 Å². The summed E-state index contributed by atoms with van der Waals surface area (Å²) in [6.07, 6.45) is 0. The fraction of sp³-hybridized carbons (Fsp3) is 0.250. The minimum absolute atomic E-state index is 0.0158. The molecule has 0 amide bonds. The minimum Gasteiger partial charge on any atom is -0.455 e. The van der Waals surface area contributed by atoms with E-state index in [1.165, 1.54) is 17.7 Å². The number of nitrogen functional groups attached to an aromatic ring is 1. The van der Waals surface area contributed by atoms with Gasteiger partial charge in [0.1, 0.15) is 11.6 Å². The van der Waals surface area contributed by atoms with Crippen molar-refractivity contribution in [1.82, 2.24) is 0 Å². The Labute approximate surface area is 123 Å². The standard InChI is InChI=1S/C16H17ClFNO/c1-16(2,3)10-4-6-11(7-5-10)20-15-9-13(18)12(17)8-14(15)19/h4-9H,19H2,1-3H3. The Morgan fingerprint density at radius 2 is 1.70 bits per heavy atom. The molecule has 2 aromatic rings. The lowest BCUT2D eigenvalue weighted by atomic mass is 9.87. The van der Waals surface area contributed by atoms with E-state index in [0.717, 1.165) is 0 Å². The molecule has 0 heterocycles. The van der Waals surface area contributed by atoms with Gasteiger partial charge in [0, 0.05) is 6.07 Å². The van der Waals surface area contributed by atoms with Gasteiger partial charge in [-0.2, -0.15) is 0 Å². The fourth-order valence-corrected chi connectivity index (χ4v) is 1.95. The Bertz CT molecular complexity index is 618. The fourth-order valence-electron chi connectivity index (χ4n) is 1.78. The molecule has 106 valence electrons. The first-order chi connectivity index (χ1) is 9.27. The van der Waals surface area contributed by atoms with Crippen LogP contribution < -0.4 is 10.5 Å². The third-order valence-corrected chi connectivity index (χ3v) is 3.29. The molecule has 2 N–H and O–H groups in total. The summed E-state index contributed by atoms with van der Waals surface area (Å²) in [6.45, 7) is 6.40. The molecule has 0 aliphatic rings. The van der Waals surface area contributed by atoms with E-state index in [9.17, 15) is 4.39 Å².